The first kappa shape index (κ1) is 21.0. The largest absolute Gasteiger partial charge is 0.378 e. The first-order chi connectivity index (χ1) is 14.6. The van der Waals surface area contributed by atoms with E-state index in [0.717, 1.165) is 31.5 Å². The second kappa shape index (κ2) is 9.73. The zero-order valence-electron chi connectivity index (χ0n) is 16.7. The van der Waals surface area contributed by atoms with Gasteiger partial charge >= 0.3 is 0 Å². The average molecular weight is 434 g/mol. The molecule has 8 heteroatoms. The zero-order valence-corrected chi connectivity index (χ0v) is 17.5. The number of anilines is 1. The highest BCUT2D eigenvalue weighted by Crippen LogP contribution is 2.28. The summed E-state index contributed by atoms with van der Waals surface area (Å²) in [7, 11) is 0. The van der Waals surface area contributed by atoms with Crippen molar-refractivity contribution in [2.24, 2.45) is 0 Å². The molecule has 2 aromatic rings. The second-order valence-corrected chi connectivity index (χ2v) is 7.97. The summed E-state index contributed by atoms with van der Waals surface area (Å²) >= 11 is 6.47. The lowest BCUT2D eigenvalue weighted by atomic mass is 10.1. The lowest BCUT2D eigenvalue weighted by Gasteiger charge is -2.33. The number of rotatable bonds is 5. The molecule has 2 aliphatic rings. The monoisotopic (exact) mass is 433 g/mol. The molecule has 2 saturated heterocycles. The second-order valence-electron chi connectivity index (χ2n) is 7.56. The summed E-state index contributed by atoms with van der Waals surface area (Å²) in [5.41, 5.74) is 1.47. The van der Waals surface area contributed by atoms with Gasteiger partial charge in [0.05, 0.1) is 36.5 Å². The number of benzene rings is 1. The summed E-state index contributed by atoms with van der Waals surface area (Å²) < 4.78 is 24.3. The first-order valence-corrected chi connectivity index (χ1v) is 10.6. The van der Waals surface area contributed by atoms with Crippen molar-refractivity contribution in [3.8, 4) is 0 Å². The van der Waals surface area contributed by atoms with Gasteiger partial charge in [0.25, 0.3) is 5.91 Å². The minimum atomic E-state index is -0.242. The molecule has 1 aromatic heterocycles. The molecule has 0 N–H and O–H groups in total. The maximum Gasteiger partial charge on any atom is 0.255 e. The molecule has 1 aromatic carbocycles. The van der Waals surface area contributed by atoms with E-state index in [1.54, 1.807) is 29.3 Å². The van der Waals surface area contributed by atoms with Gasteiger partial charge in [0.15, 0.2) is 0 Å². The number of carbonyl (C=O) groups excluding carboxylic acids is 1. The van der Waals surface area contributed by atoms with Crippen molar-refractivity contribution in [2.45, 2.75) is 25.6 Å². The fraction of sp³-hybridized carbons (Fsp3) is 0.455. The molecule has 0 aliphatic carbocycles. The average Bonchev–Trinajstić information content (AvgIpc) is 2.79. The van der Waals surface area contributed by atoms with E-state index in [2.05, 4.69) is 9.88 Å². The Balaban J connectivity index is 1.30. The molecule has 0 atom stereocenters. The number of nitrogens with zero attached hydrogens (tertiary/aromatic N) is 3. The van der Waals surface area contributed by atoms with Gasteiger partial charge in [0.2, 0.25) is 0 Å². The smallest absolute Gasteiger partial charge is 0.255 e. The maximum absolute atomic E-state index is 13.0. The fourth-order valence-corrected chi connectivity index (χ4v) is 4.04. The van der Waals surface area contributed by atoms with Crippen LogP contribution < -0.4 is 4.90 Å². The quantitative estimate of drug-likeness (QED) is 0.722. The number of morpholine rings is 1. The molecule has 2 fully saturated rings. The molecule has 0 spiro atoms. The summed E-state index contributed by atoms with van der Waals surface area (Å²) in [4.78, 5) is 21.0. The zero-order chi connectivity index (χ0) is 20.9. The number of hydrogen-bond acceptors (Lipinski definition) is 5. The summed E-state index contributed by atoms with van der Waals surface area (Å²) in [6, 6.07) is 8.09. The molecular formula is C22H25ClFN3O3. The fourth-order valence-electron chi connectivity index (χ4n) is 3.76. The van der Waals surface area contributed by atoms with Crippen LogP contribution in [0.25, 0.3) is 0 Å². The summed E-state index contributed by atoms with van der Waals surface area (Å²) in [5.74, 6) is 0.397. The molecule has 2 aliphatic heterocycles. The van der Waals surface area contributed by atoms with E-state index in [4.69, 9.17) is 21.1 Å². The molecule has 3 heterocycles. The number of carbonyl (C=O) groups is 1. The van der Waals surface area contributed by atoms with Crippen LogP contribution in [0.5, 0.6) is 0 Å². The SMILES string of the molecule is O=C(c1cnc(N2CCC(OCc3ccc(F)cc3)CC2)c(Cl)c1)N1CCOCC1. The highest BCUT2D eigenvalue weighted by Gasteiger charge is 2.24. The van der Waals surface area contributed by atoms with Gasteiger partial charge in [-0.3, -0.25) is 4.79 Å². The Morgan fingerprint density at radius 1 is 1.17 bits per heavy atom. The van der Waals surface area contributed by atoms with Crippen LogP contribution >= 0.6 is 11.6 Å². The van der Waals surface area contributed by atoms with Crippen molar-refractivity contribution in [3.63, 3.8) is 0 Å². The third-order valence-corrected chi connectivity index (χ3v) is 5.79. The molecule has 0 bridgehead atoms. The van der Waals surface area contributed by atoms with Crippen molar-refractivity contribution in [1.82, 2.24) is 9.88 Å². The number of pyridine rings is 1. The third-order valence-electron chi connectivity index (χ3n) is 5.51. The minimum absolute atomic E-state index is 0.0628. The first-order valence-electron chi connectivity index (χ1n) is 10.2. The van der Waals surface area contributed by atoms with E-state index < -0.39 is 0 Å². The van der Waals surface area contributed by atoms with Crippen molar-refractivity contribution in [3.05, 3.63) is 58.5 Å². The molecule has 0 unspecified atom stereocenters. The Hall–Kier alpha value is -2.22. The third kappa shape index (κ3) is 5.09. The Kier molecular flexibility index (Phi) is 6.82. The van der Waals surface area contributed by atoms with Crippen LogP contribution in [0.2, 0.25) is 5.02 Å². The molecule has 0 radical (unpaired) electrons. The van der Waals surface area contributed by atoms with Gasteiger partial charge in [-0.25, -0.2) is 9.37 Å². The van der Waals surface area contributed by atoms with Crippen LogP contribution in [-0.4, -0.2) is 61.3 Å². The van der Waals surface area contributed by atoms with Crippen LogP contribution in [0, 0.1) is 5.82 Å². The predicted molar refractivity (Wildman–Crippen MR) is 112 cm³/mol. The van der Waals surface area contributed by atoms with Crippen molar-refractivity contribution >= 4 is 23.3 Å². The van der Waals surface area contributed by atoms with Gasteiger partial charge in [-0.15, -0.1) is 0 Å². The van der Waals surface area contributed by atoms with Gasteiger partial charge < -0.3 is 19.3 Å². The Morgan fingerprint density at radius 3 is 2.53 bits per heavy atom. The Morgan fingerprint density at radius 2 is 1.87 bits per heavy atom. The van der Waals surface area contributed by atoms with Gasteiger partial charge in [0, 0.05) is 32.4 Å². The molecule has 1 amide bonds. The van der Waals surface area contributed by atoms with Crippen LogP contribution in [0.15, 0.2) is 36.5 Å². The van der Waals surface area contributed by atoms with Gasteiger partial charge in [-0.1, -0.05) is 23.7 Å². The lowest BCUT2D eigenvalue weighted by molar-refractivity contribution is 0.0250. The van der Waals surface area contributed by atoms with E-state index in [1.807, 2.05) is 0 Å². The number of piperidine rings is 1. The summed E-state index contributed by atoms with van der Waals surface area (Å²) in [6.45, 7) is 4.32. The Labute approximate surface area is 180 Å². The highest BCUT2D eigenvalue weighted by molar-refractivity contribution is 6.33. The standard InChI is InChI=1S/C22H25ClFN3O3/c23-20-13-17(22(28)27-9-11-29-12-10-27)14-25-21(20)26-7-5-19(6-8-26)30-15-16-1-3-18(24)4-2-16/h1-4,13-14,19H,5-12,15H2. The number of halogens is 2. The van der Waals surface area contributed by atoms with Crippen LogP contribution in [0.4, 0.5) is 10.2 Å². The van der Waals surface area contributed by atoms with E-state index in [0.29, 0.717) is 49.3 Å². The molecule has 4 rings (SSSR count). The molecule has 0 saturated carbocycles. The molecule has 6 nitrogen and oxygen atoms in total. The molecular weight excluding hydrogens is 409 g/mol. The van der Waals surface area contributed by atoms with Gasteiger partial charge in [-0.2, -0.15) is 0 Å². The number of aromatic nitrogens is 1. The topological polar surface area (TPSA) is 54.9 Å². The van der Waals surface area contributed by atoms with E-state index in [1.165, 1.54) is 12.1 Å². The highest BCUT2D eigenvalue weighted by atomic mass is 35.5. The van der Waals surface area contributed by atoms with Crippen molar-refractivity contribution in [2.75, 3.05) is 44.3 Å². The van der Waals surface area contributed by atoms with Gasteiger partial charge in [-0.05, 0) is 36.6 Å². The van der Waals surface area contributed by atoms with Crippen LogP contribution in [-0.2, 0) is 16.1 Å². The van der Waals surface area contributed by atoms with E-state index in [-0.39, 0.29) is 17.8 Å². The predicted octanol–water partition coefficient (Wildman–Crippen LogP) is 3.53. The molecule has 30 heavy (non-hydrogen) atoms. The van der Waals surface area contributed by atoms with Gasteiger partial charge in [0.1, 0.15) is 11.6 Å². The lowest BCUT2D eigenvalue weighted by Crippen LogP contribution is -2.41. The van der Waals surface area contributed by atoms with E-state index in [9.17, 15) is 9.18 Å². The normalized spacial score (nSPS) is 17.9. The van der Waals surface area contributed by atoms with E-state index >= 15 is 0 Å². The van der Waals surface area contributed by atoms with Crippen molar-refractivity contribution in [1.29, 1.82) is 0 Å². The van der Waals surface area contributed by atoms with Crippen LogP contribution in [0.1, 0.15) is 28.8 Å². The number of hydrogen-bond donors (Lipinski definition) is 0. The summed E-state index contributed by atoms with van der Waals surface area (Å²) in [5, 5.41) is 0.486. The van der Waals surface area contributed by atoms with Crippen molar-refractivity contribution < 1.29 is 18.7 Å². The number of ether oxygens (including phenoxy) is 2. The summed E-state index contributed by atoms with van der Waals surface area (Å²) in [6.07, 6.45) is 3.46. The Bertz CT molecular complexity index is 866. The maximum atomic E-state index is 13.0. The molecule has 160 valence electrons. The van der Waals surface area contributed by atoms with Crippen LogP contribution in [0.3, 0.4) is 0 Å². The number of amides is 1. The minimum Gasteiger partial charge on any atom is -0.378 e.